The van der Waals surface area contributed by atoms with E-state index >= 15 is 0 Å². The minimum Gasteiger partial charge on any atom is -0.379 e. The summed E-state index contributed by atoms with van der Waals surface area (Å²) in [5, 5.41) is 3.15. The van der Waals surface area contributed by atoms with E-state index in [1.54, 1.807) is 0 Å². The van der Waals surface area contributed by atoms with Gasteiger partial charge in [-0.05, 0) is 50.6 Å². The second kappa shape index (κ2) is 10.4. The molecule has 156 valence electrons. The van der Waals surface area contributed by atoms with Gasteiger partial charge in [-0.2, -0.15) is 0 Å². The summed E-state index contributed by atoms with van der Waals surface area (Å²) in [7, 11) is 0. The van der Waals surface area contributed by atoms with Gasteiger partial charge in [0, 0.05) is 43.5 Å². The Hall–Kier alpha value is -2.37. The smallest absolute Gasteiger partial charge is 0.251 e. The number of carbonyl (C=O) groups is 1. The predicted octanol–water partition coefficient (Wildman–Crippen LogP) is 3.72. The van der Waals surface area contributed by atoms with Crippen molar-refractivity contribution in [2.45, 2.75) is 32.9 Å². The molecule has 1 N–H and O–H groups in total. The molecule has 1 unspecified atom stereocenters. The summed E-state index contributed by atoms with van der Waals surface area (Å²) in [5.41, 5.74) is 3.07. The zero-order valence-corrected chi connectivity index (χ0v) is 17.8. The lowest BCUT2D eigenvalue weighted by molar-refractivity contribution is 0.0162. The van der Waals surface area contributed by atoms with Crippen LogP contribution >= 0.6 is 0 Å². The van der Waals surface area contributed by atoms with E-state index < -0.39 is 0 Å². The molecular formula is C24H33N3O2. The van der Waals surface area contributed by atoms with Crippen molar-refractivity contribution in [3.05, 3.63) is 65.7 Å². The molecule has 1 heterocycles. The molecule has 1 saturated heterocycles. The number of rotatable bonds is 8. The van der Waals surface area contributed by atoms with Gasteiger partial charge in [-0.1, -0.05) is 30.3 Å². The topological polar surface area (TPSA) is 44.8 Å². The molecule has 1 fully saturated rings. The van der Waals surface area contributed by atoms with Gasteiger partial charge in [0.1, 0.15) is 0 Å². The van der Waals surface area contributed by atoms with Crippen LogP contribution in [0.3, 0.4) is 0 Å². The number of hydrogen-bond donors (Lipinski definition) is 1. The van der Waals surface area contributed by atoms with Crippen LogP contribution in [-0.4, -0.2) is 56.2 Å². The van der Waals surface area contributed by atoms with Gasteiger partial charge in [0.25, 0.3) is 5.91 Å². The first-order valence-electron chi connectivity index (χ1n) is 10.6. The Kier molecular flexibility index (Phi) is 7.67. The molecule has 3 rings (SSSR count). The van der Waals surface area contributed by atoms with Gasteiger partial charge in [-0.3, -0.25) is 9.69 Å². The Morgan fingerprint density at radius 2 is 1.72 bits per heavy atom. The van der Waals surface area contributed by atoms with Gasteiger partial charge in [0.15, 0.2) is 0 Å². The zero-order valence-electron chi connectivity index (χ0n) is 17.8. The third-order valence-electron chi connectivity index (χ3n) is 5.55. The Bertz CT molecular complexity index is 755. The van der Waals surface area contributed by atoms with Crippen molar-refractivity contribution in [3.63, 3.8) is 0 Å². The Morgan fingerprint density at radius 1 is 1.07 bits per heavy atom. The van der Waals surface area contributed by atoms with Crippen molar-refractivity contribution in [1.82, 2.24) is 10.2 Å². The van der Waals surface area contributed by atoms with E-state index in [1.165, 1.54) is 5.56 Å². The van der Waals surface area contributed by atoms with Crippen molar-refractivity contribution >= 4 is 11.6 Å². The van der Waals surface area contributed by atoms with E-state index in [0.717, 1.165) is 38.5 Å². The SMILES string of the molecule is CCN(c1ccc(C(=O)NCC(c2ccccc2)N2CCOCC2)cc1)C(C)C. The number of anilines is 1. The number of nitrogens with one attached hydrogen (secondary N) is 1. The van der Waals surface area contributed by atoms with Crippen LogP contribution in [0.15, 0.2) is 54.6 Å². The van der Waals surface area contributed by atoms with Crippen molar-refractivity contribution < 1.29 is 9.53 Å². The summed E-state index contributed by atoms with van der Waals surface area (Å²) in [4.78, 5) is 17.5. The molecule has 5 nitrogen and oxygen atoms in total. The summed E-state index contributed by atoms with van der Waals surface area (Å²) in [5.74, 6) is -0.0293. The molecule has 0 aromatic heterocycles. The fourth-order valence-corrected chi connectivity index (χ4v) is 3.96. The van der Waals surface area contributed by atoms with E-state index in [-0.39, 0.29) is 11.9 Å². The standard InChI is InChI=1S/C24H33N3O2/c1-4-27(19(2)3)22-12-10-21(11-13-22)24(28)25-18-23(20-8-6-5-7-9-20)26-14-16-29-17-15-26/h5-13,19,23H,4,14-18H2,1-3H3,(H,25,28). The molecule has 0 bridgehead atoms. The number of hydrogen-bond acceptors (Lipinski definition) is 4. The molecule has 1 amide bonds. The van der Waals surface area contributed by atoms with Crippen molar-refractivity contribution in [2.75, 3.05) is 44.3 Å². The maximum Gasteiger partial charge on any atom is 0.251 e. The summed E-state index contributed by atoms with van der Waals surface area (Å²) in [6.07, 6.45) is 0. The van der Waals surface area contributed by atoms with Gasteiger partial charge < -0.3 is 15.0 Å². The third-order valence-corrected chi connectivity index (χ3v) is 5.55. The number of morpholine rings is 1. The largest absolute Gasteiger partial charge is 0.379 e. The number of carbonyl (C=O) groups excluding carboxylic acids is 1. The van der Waals surface area contributed by atoms with Crippen LogP contribution in [0, 0.1) is 0 Å². The number of benzene rings is 2. The van der Waals surface area contributed by atoms with Crippen LogP contribution in [0.5, 0.6) is 0 Å². The van der Waals surface area contributed by atoms with Gasteiger partial charge in [-0.15, -0.1) is 0 Å². The summed E-state index contributed by atoms with van der Waals surface area (Å²) in [6.45, 7) is 11.3. The maximum atomic E-state index is 12.8. The van der Waals surface area contributed by atoms with Crippen LogP contribution in [0.1, 0.15) is 42.7 Å². The van der Waals surface area contributed by atoms with Crippen molar-refractivity contribution in [2.24, 2.45) is 0 Å². The van der Waals surface area contributed by atoms with Crippen LogP contribution in [-0.2, 0) is 4.74 Å². The molecule has 1 aliphatic heterocycles. The monoisotopic (exact) mass is 395 g/mol. The lowest BCUT2D eigenvalue weighted by Gasteiger charge is -2.35. The fraction of sp³-hybridized carbons (Fsp3) is 0.458. The Morgan fingerprint density at radius 3 is 2.31 bits per heavy atom. The second-order valence-electron chi connectivity index (χ2n) is 7.71. The molecule has 29 heavy (non-hydrogen) atoms. The molecule has 2 aromatic carbocycles. The van der Waals surface area contributed by atoms with Crippen molar-refractivity contribution in [3.8, 4) is 0 Å². The van der Waals surface area contributed by atoms with E-state index in [4.69, 9.17) is 4.74 Å². The minimum absolute atomic E-state index is 0.0293. The molecule has 1 aliphatic rings. The first-order chi connectivity index (χ1) is 14.1. The first-order valence-corrected chi connectivity index (χ1v) is 10.6. The predicted molar refractivity (Wildman–Crippen MR) is 119 cm³/mol. The summed E-state index contributed by atoms with van der Waals surface area (Å²) in [6, 6.07) is 18.9. The van der Waals surface area contributed by atoms with Crippen LogP contribution < -0.4 is 10.2 Å². The van der Waals surface area contributed by atoms with Gasteiger partial charge in [0.2, 0.25) is 0 Å². The summed E-state index contributed by atoms with van der Waals surface area (Å²) >= 11 is 0. The Balaban J connectivity index is 1.66. The normalized spacial score (nSPS) is 15.9. The van der Waals surface area contributed by atoms with Gasteiger partial charge in [-0.25, -0.2) is 0 Å². The van der Waals surface area contributed by atoms with Crippen LogP contribution in [0.25, 0.3) is 0 Å². The number of ether oxygens (including phenoxy) is 1. The quantitative estimate of drug-likeness (QED) is 0.740. The lowest BCUT2D eigenvalue weighted by Crippen LogP contribution is -2.43. The highest BCUT2D eigenvalue weighted by atomic mass is 16.5. The molecule has 2 aromatic rings. The molecule has 0 saturated carbocycles. The second-order valence-corrected chi connectivity index (χ2v) is 7.71. The molecule has 1 atom stereocenters. The molecule has 5 heteroatoms. The number of amides is 1. The van der Waals surface area contributed by atoms with E-state index in [1.807, 2.05) is 30.3 Å². The zero-order chi connectivity index (χ0) is 20.6. The summed E-state index contributed by atoms with van der Waals surface area (Å²) < 4.78 is 5.50. The van der Waals surface area contributed by atoms with E-state index in [2.05, 4.69) is 60.2 Å². The average molecular weight is 396 g/mol. The third kappa shape index (κ3) is 5.58. The Labute approximate surface area is 174 Å². The molecule has 0 radical (unpaired) electrons. The lowest BCUT2D eigenvalue weighted by atomic mass is 10.0. The average Bonchev–Trinajstić information content (AvgIpc) is 2.76. The molecule has 0 spiro atoms. The maximum absolute atomic E-state index is 12.8. The van der Waals surface area contributed by atoms with Crippen molar-refractivity contribution in [1.29, 1.82) is 0 Å². The highest BCUT2D eigenvalue weighted by molar-refractivity contribution is 5.94. The van der Waals surface area contributed by atoms with E-state index in [0.29, 0.717) is 18.2 Å². The molecular weight excluding hydrogens is 362 g/mol. The highest BCUT2D eigenvalue weighted by Crippen LogP contribution is 2.22. The highest BCUT2D eigenvalue weighted by Gasteiger charge is 2.23. The van der Waals surface area contributed by atoms with Crippen LogP contribution in [0.4, 0.5) is 5.69 Å². The molecule has 0 aliphatic carbocycles. The number of nitrogens with zero attached hydrogens (tertiary/aromatic N) is 2. The van der Waals surface area contributed by atoms with Crippen LogP contribution in [0.2, 0.25) is 0 Å². The first kappa shape index (κ1) is 21.3. The van der Waals surface area contributed by atoms with Gasteiger partial charge in [0.05, 0.1) is 19.3 Å². The fourth-order valence-electron chi connectivity index (χ4n) is 3.96. The van der Waals surface area contributed by atoms with E-state index in [9.17, 15) is 4.79 Å². The minimum atomic E-state index is -0.0293. The van der Waals surface area contributed by atoms with Gasteiger partial charge >= 0.3 is 0 Å².